The van der Waals surface area contributed by atoms with E-state index in [0.717, 1.165) is 0 Å². The highest BCUT2D eigenvalue weighted by Crippen LogP contribution is 2.36. The molecule has 5 nitrogen and oxygen atoms in total. The van der Waals surface area contributed by atoms with Gasteiger partial charge >= 0.3 is 5.97 Å². The molecule has 2 aromatic heterocycles. The number of carbonyl (C=O) groups is 2. The Bertz CT molecular complexity index is 932. The maximum atomic E-state index is 12.7. The Morgan fingerprint density at radius 3 is 2.62 bits per heavy atom. The Labute approximate surface area is 143 Å². The van der Waals surface area contributed by atoms with E-state index in [2.05, 4.69) is 4.98 Å². The maximum absolute atomic E-state index is 12.7. The highest BCUT2D eigenvalue weighted by molar-refractivity contribution is 7.21. The molecule has 0 bridgehead atoms. The fourth-order valence-electron chi connectivity index (χ4n) is 2.50. The van der Waals surface area contributed by atoms with Crippen LogP contribution >= 0.6 is 11.3 Å². The summed E-state index contributed by atoms with van der Waals surface area (Å²) in [7, 11) is 0. The van der Waals surface area contributed by atoms with Crippen LogP contribution in [0, 0.1) is 6.92 Å². The van der Waals surface area contributed by atoms with Crippen molar-refractivity contribution in [1.29, 1.82) is 0 Å². The van der Waals surface area contributed by atoms with Crippen LogP contribution in [0.2, 0.25) is 0 Å². The number of nitrogens with zero attached hydrogens (tertiary/aromatic N) is 1. The summed E-state index contributed by atoms with van der Waals surface area (Å²) in [5, 5.41) is 0.489. The van der Waals surface area contributed by atoms with Gasteiger partial charge in [-0.1, -0.05) is 30.3 Å². The van der Waals surface area contributed by atoms with Crippen LogP contribution in [0.1, 0.15) is 38.2 Å². The standard InChI is InChI=1S/C18H16N2O3S/c1-3-23-18(22)12-9-10(2)20-17-13(12)14(19)16(24-17)15(21)11-7-5-4-6-8-11/h4-9H,3,19H2,1-2H3. The van der Waals surface area contributed by atoms with Crippen LogP contribution in [0.3, 0.4) is 0 Å². The predicted molar refractivity (Wildman–Crippen MR) is 94.6 cm³/mol. The van der Waals surface area contributed by atoms with Crippen LogP contribution in [0.15, 0.2) is 36.4 Å². The lowest BCUT2D eigenvalue weighted by Gasteiger charge is -2.05. The molecular formula is C18H16N2O3S. The normalized spacial score (nSPS) is 10.8. The molecule has 0 aliphatic heterocycles. The highest BCUT2D eigenvalue weighted by atomic mass is 32.1. The number of ether oxygens (including phenoxy) is 1. The molecule has 3 rings (SSSR count). The number of hydrogen-bond acceptors (Lipinski definition) is 6. The third-order valence-electron chi connectivity index (χ3n) is 3.56. The quantitative estimate of drug-likeness (QED) is 0.580. The van der Waals surface area contributed by atoms with Crippen LogP contribution < -0.4 is 5.73 Å². The first-order valence-corrected chi connectivity index (χ1v) is 8.31. The van der Waals surface area contributed by atoms with Gasteiger partial charge in [-0.3, -0.25) is 4.79 Å². The smallest absolute Gasteiger partial charge is 0.338 e. The molecule has 1 aromatic carbocycles. The zero-order valence-corrected chi connectivity index (χ0v) is 14.1. The number of pyridine rings is 1. The van der Waals surface area contributed by atoms with Crippen LogP contribution in [0.4, 0.5) is 5.69 Å². The van der Waals surface area contributed by atoms with E-state index in [-0.39, 0.29) is 18.1 Å². The van der Waals surface area contributed by atoms with Gasteiger partial charge in [0, 0.05) is 16.6 Å². The number of thiophene rings is 1. The van der Waals surface area contributed by atoms with Crippen LogP contribution in [0.5, 0.6) is 0 Å². The SMILES string of the molecule is CCOC(=O)c1cc(C)nc2sc(C(=O)c3ccccc3)c(N)c12. The lowest BCUT2D eigenvalue weighted by Crippen LogP contribution is -2.07. The summed E-state index contributed by atoms with van der Waals surface area (Å²) in [6, 6.07) is 10.5. The number of benzene rings is 1. The first-order chi connectivity index (χ1) is 11.5. The third-order valence-corrected chi connectivity index (χ3v) is 4.66. The molecule has 24 heavy (non-hydrogen) atoms. The predicted octanol–water partition coefficient (Wildman–Crippen LogP) is 3.59. The van der Waals surface area contributed by atoms with Gasteiger partial charge in [0.2, 0.25) is 5.78 Å². The number of nitrogens with two attached hydrogens (primary N) is 1. The van der Waals surface area contributed by atoms with Crippen molar-refractivity contribution in [3.05, 3.63) is 58.1 Å². The van der Waals surface area contributed by atoms with E-state index in [4.69, 9.17) is 10.5 Å². The highest BCUT2D eigenvalue weighted by Gasteiger charge is 2.23. The second kappa shape index (κ2) is 6.41. The van der Waals surface area contributed by atoms with Gasteiger partial charge in [-0.25, -0.2) is 9.78 Å². The number of ketones is 1. The molecule has 0 atom stereocenters. The van der Waals surface area contributed by atoms with E-state index in [1.807, 2.05) is 6.07 Å². The van der Waals surface area contributed by atoms with E-state index in [1.165, 1.54) is 11.3 Å². The Morgan fingerprint density at radius 1 is 1.25 bits per heavy atom. The zero-order chi connectivity index (χ0) is 17.3. The second-order valence-corrected chi connectivity index (χ2v) is 6.25. The van der Waals surface area contributed by atoms with Gasteiger partial charge in [-0.15, -0.1) is 11.3 Å². The summed E-state index contributed by atoms with van der Waals surface area (Å²) in [6.45, 7) is 3.79. The molecule has 0 saturated carbocycles. The average molecular weight is 340 g/mol. The van der Waals surface area contributed by atoms with Crippen molar-refractivity contribution in [3.63, 3.8) is 0 Å². The minimum atomic E-state index is -0.462. The number of rotatable bonds is 4. The van der Waals surface area contributed by atoms with Gasteiger partial charge < -0.3 is 10.5 Å². The number of carbonyl (C=O) groups excluding carboxylic acids is 2. The molecule has 0 radical (unpaired) electrons. The monoisotopic (exact) mass is 340 g/mol. The molecule has 0 spiro atoms. The average Bonchev–Trinajstić information content (AvgIpc) is 2.91. The number of aromatic nitrogens is 1. The topological polar surface area (TPSA) is 82.3 Å². The molecule has 0 aliphatic rings. The zero-order valence-electron chi connectivity index (χ0n) is 13.3. The van der Waals surface area contributed by atoms with Crippen molar-refractivity contribution in [3.8, 4) is 0 Å². The lowest BCUT2D eigenvalue weighted by molar-refractivity contribution is 0.0528. The molecular weight excluding hydrogens is 324 g/mol. The Hall–Kier alpha value is -2.73. The first-order valence-electron chi connectivity index (χ1n) is 7.49. The van der Waals surface area contributed by atoms with E-state index in [0.29, 0.717) is 31.9 Å². The molecule has 0 aliphatic carbocycles. The molecule has 122 valence electrons. The van der Waals surface area contributed by atoms with E-state index >= 15 is 0 Å². The van der Waals surface area contributed by atoms with E-state index < -0.39 is 5.97 Å². The summed E-state index contributed by atoms with van der Waals surface area (Å²) in [6.07, 6.45) is 0. The number of esters is 1. The van der Waals surface area contributed by atoms with Crippen LogP contribution in [-0.2, 0) is 4.74 Å². The number of anilines is 1. The summed E-state index contributed by atoms with van der Waals surface area (Å²) in [5.41, 5.74) is 8.05. The molecule has 6 heteroatoms. The lowest BCUT2D eigenvalue weighted by atomic mass is 10.1. The molecule has 0 unspecified atom stereocenters. The van der Waals surface area contributed by atoms with Crippen LogP contribution in [0.25, 0.3) is 10.2 Å². The van der Waals surface area contributed by atoms with Gasteiger partial charge in [0.05, 0.1) is 17.9 Å². The minimum absolute atomic E-state index is 0.177. The van der Waals surface area contributed by atoms with Crippen molar-refractivity contribution < 1.29 is 14.3 Å². The van der Waals surface area contributed by atoms with Gasteiger partial charge in [-0.05, 0) is 19.9 Å². The summed E-state index contributed by atoms with van der Waals surface area (Å²) in [4.78, 5) is 30.3. The van der Waals surface area contributed by atoms with Gasteiger partial charge in [0.15, 0.2) is 0 Å². The van der Waals surface area contributed by atoms with E-state index in [1.54, 1.807) is 44.2 Å². The number of aryl methyl sites for hydroxylation is 1. The number of hydrogen-bond donors (Lipinski definition) is 1. The van der Waals surface area contributed by atoms with Crippen molar-refractivity contribution in [2.45, 2.75) is 13.8 Å². The first kappa shape index (κ1) is 16.1. The summed E-state index contributed by atoms with van der Waals surface area (Å²) in [5.74, 6) is -0.639. The summed E-state index contributed by atoms with van der Waals surface area (Å²) < 4.78 is 5.10. The fourth-order valence-corrected chi connectivity index (χ4v) is 3.63. The van der Waals surface area contributed by atoms with Crippen molar-refractivity contribution >= 4 is 39.0 Å². The number of fused-ring (bicyclic) bond motifs is 1. The molecule has 0 fully saturated rings. The Balaban J connectivity index is 2.19. The van der Waals surface area contributed by atoms with Crippen molar-refractivity contribution in [1.82, 2.24) is 4.98 Å². The molecule has 3 aromatic rings. The van der Waals surface area contributed by atoms with Gasteiger partial charge in [-0.2, -0.15) is 0 Å². The van der Waals surface area contributed by atoms with Crippen molar-refractivity contribution in [2.24, 2.45) is 0 Å². The fraction of sp³-hybridized carbons (Fsp3) is 0.167. The maximum Gasteiger partial charge on any atom is 0.338 e. The van der Waals surface area contributed by atoms with Crippen molar-refractivity contribution in [2.75, 3.05) is 12.3 Å². The Morgan fingerprint density at radius 2 is 1.96 bits per heavy atom. The number of nitrogen functional groups attached to an aromatic ring is 1. The summed E-state index contributed by atoms with van der Waals surface area (Å²) >= 11 is 1.20. The van der Waals surface area contributed by atoms with Gasteiger partial charge in [0.25, 0.3) is 0 Å². The molecule has 2 N–H and O–H groups in total. The Kier molecular flexibility index (Phi) is 4.31. The van der Waals surface area contributed by atoms with Crippen LogP contribution in [-0.4, -0.2) is 23.3 Å². The minimum Gasteiger partial charge on any atom is -0.462 e. The van der Waals surface area contributed by atoms with Gasteiger partial charge in [0.1, 0.15) is 9.71 Å². The van der Waals surface area contributed by atoms with E-state index in [9.17, 15) is 9.59 Å². The second-order valence-electron chi connectivity index (χ2n) is 5.25. The third kappa shape index (κ3) is 2.76. The molecule has 0 amide bonds. The largest absolute Gasteiger partial charge is 0.462 e. The molecule has 2 heterocycles. The molecule has 0 saturated heterocycles.